The fourth-order valence-corrected chi connectivity index (χ4v) is 2.13. The zero-order valence-corrected chi connectivity index (χ0v) is 10.5. The second-order valence-electron chi connectivity index (χ2n) is 4.24. The van der Waals surface area contributed by atoms with Gasteiger partial charge in [0.2, 0.25) is 0 Å². The zero-order chi connectivity index (χ0) is 12.4. The standard InChI is InChI=1S/C15H17NO/c1-4-15(17)11(2)13-10-9-12-7-5-6-8-14(12)16(13)3/h5-10H,4H2,1-3H3/b13-11-. The first-order valence-electron chi connectivity index (χ1n) is 5.90. The Morgan fingerprint density at radius 1 is 1.24 bits per heavy atom. The Morgan fingerprint density at radius 2 is 1.94 bits per heavy atom. The molecule has 0 N–H and O–H groups in total. The topological polar surface area (TPSA) is 20.3 Å². The lowest BCUT2D eigenvalue weighted by Crippen LogP contribution is -2.21. The molecule has 17 heavy (non-hydrogen) atoms. The average Bonchev–Trinajstić information content (AvgIpc) is 2.38. The maximum Gasteiger partial charge on any atom is 0.160 e. The number of allylic oxidation sites excluding steroid dienone is 2. The van der Waals surface area contributed by atoms with Crippen LogP contribution >= 0.6 is 0 Å². The van der Waals surface area contributed by atoms with Gasteiger partial charge < -0.3 is 4.90 Å². The summed E-state index contributed by atoms with van der Waals surface area (Å²) in [6, 6.07) is 8.19. The molecular weight excluding hydrogens is 210 g/mol. The first-order valence-corrected chi connectivity index (χ1v) is 5.90. The quantitative estimate of drug-likeness (QED) is 0.722. The van der Waals surface area contributed by atoms with Crippen molar-refractivity contribution in [3.63, 3.8) is 0 Å². The third-order valence-electron chi connectivity index (χ3n) is 3.20. The number of hydrogen-bond acceptors (Lipinski definition) is 2. The van der Waals surface area contributed by atoms with E-state index in [2.05, 4.69) is 23.1 Å². The molecule has 0 spiro atoms. The number of rotatable bonds is 2. The van der Waals surface area contributed by atoms with Crippen LogP contribution < -0.4 is 4.90 Å². The van der Waals surface area contributed by atoms with Crippen LogP contribution in [0.5, 0.6) is 0 Å². The summed E-state index contributed by atoms with van der Waals surface area (Å²) in [5.74, 6) is 0.205. The molecule has 0 unspecified atom stereocenters. The van der Waals surface area contributed by atoms with E-state index in [0.29, 0.717) is 6.42 Å². The van der Waals surface area contributed by atoms with E-state index in [-0.39, 0.29) is 5.78 Å². The molecule has 0 amide bonds. The second-order valence-corrected chi connectivity index (χ2v) is 4.24. The molecule has 2 heteroatoms. The van der Waals surface area contributed by atoms with Crippen molar-refractivity contribution in [1.82, 2.24) is 0 Å². The Morgan fingerprint density at radius 3 is 2.65 bits per heavy atom. The van der Waals surface area contributed by atoms with Gasteiger partial charge in [-0.15, -0.1) is 0 Å². The van der Waals surface area contributed by atoms with Gasteiger partial charge >= 0.3 is 0 Å². The largest absolute Gasteiger partial charge is 0.344 e. The Balaban J connectivity index is 2.48. The molecule has 1 heterocycles. The van der Waals surface area contributed by atoms with Crippen LogP contribution in [0.4, 0.5) is 5.69 Å². The smallest absolute Gasteiger partial charge is 0.160 e. The highest BCUT2D eigenvalue weighted by atomic mass is 16.1. The van der Waals surface area contributed by atoms with E-state index >= 15 is 0 Å². The maximum atomic E-state index is 11.8. The van der Waals surface area contributed by atoms with Gasteiger partial charge in [0.15, 0.2) is 5.78 Å². The van der Waals surface area contributed by atoms with Gasteiger partial charge in [-0.2, -0.15) is 0 Å². The number of nitrogens with zero attached hydrogens (tertiary/aromatic N) is 1. The molecule has 0 atom stereocenters. The first kappa shape index (κ1) is 11.6. The van der Waals surface area contributed by atoms with Crippen LogP contribution in [-0.4, -0.2) is 12.8 Å². The zero-order valence-electron chi connectivity index (χ0n) is 10.5. The van der Waals surface area contributed by atoms with E-state index in [4.69, 9.17) is 0 Å². The van der Waals surface area contributed by atoms with E-state index in [1.165, 1.54) is 5.56 Å². The third-order valence-corrected chi connectivity index (χ3v) is 3.20. The molecule has 1 aliphatic heterocycles. The predicted molar refractivity (Wildman–Crippen MR) is 71.9 cm³/mol. The summed E-state index contributed by atoms with van der Waals surface area (Å²) < 4.78 is 0. The van der Waals surface area contributed by atoms with Gasteiger partial charge in [0, 0.05) is 30.4 Å². The molecule has 1 aromatic carbocycles. The van der Waals surface area contributed by atoms with Crippen molar-refractivity contribution in [3.8, 4) is 0 Å². The number of benzene rings is 1. The van der Waals surface area contributed by atoms with Gasteiger partial charge in [-0.05, 0) is 24.6 Å². The van der Waals surface area contributed by atoms with E-state index in [0.717, 1.165) is 17.0 Å². The number of ketones is 1. The van der Waals surface area contributed by atoms with E-state index in [1.54, 1.807) is 0 Å². The normalized spacial score (nSPS) is 16.8. The van der Waals surface area contributed by atoms with Gasteiger partial charge in [0.1, 0.15) is 0 Å². The summed E-state index contributed by atoms with van der Waals surface area (Å²) in [6.07, 6.45) is 4.64. The fraction of sp³-hybridized carbons (Fsp3) is 0.267. The monoisotopic (exact) mass is 227 g/mol. The molecular formula is C15H17NO. The third kappa shape index (κ3) is 2.03. The van der Waals surface area contributed by atoms with Crippen LogP contribution in [0.1, 0.15) is 25.8 Å². The lowest BCUT2D eigenvalue weighted by Gasteiger charge is -2.27. The summed E-state index contributed by atoms with van der Waals surface area (Å²) >= 11 is 0. The molecule has 0 fully saturated rings. The van der Waals surface area contributed by atoms with Crippen molar-refractivity contribution >= 4 is 17.5 Å². The van der Waals surface area contributed by atoms with Gasteiger partial charge in [-0.25, -0.2) is 0 Å². The number of carbonyl (C=O) groups excluding carboxylic acids is 1. The molecule has 88 valence electrons. The molecule has 1 aromatic rings. The molecule has 1 aliphatic rings. The van der Waals surface area contributed by atoms with Crippen molar-refractivity contribution in [1.29, 1.82) is 0 Å². The molecule has 2 nitrogen and oxygen atoms in total. The van der Waals surface area contributed by atoms with Crippen molar-refractivity contribution in [3.05, 3.63) is 47.2 Å². The van der Waals surface area contributed by atoms with Crippen LogP contribution in [0.2, 0.25) is 0 Å². The number of fused-ring (bicyclic) bond motifs is 1. The van der Waals surface area contributed by atoms with Crippen LogP contribution in [-0.2, 0) is 4.79 Å². The van der Waals surface area contributed by atoms with Gasteiger partial charge in [0.25, 0.3) is 0 Å². The number of Topliss-reactive ketones (excluding diaryl/α,β-unsaturated/α-hetero) is 1. The minimum atomic E-state index is 0.205. The summed E-state index contributed by atoms with van der Waals surface area (Å²) in [5, 5.41) is 0. The Labute approximate surface area is 102 Å². The van der Waals surface area contributed by atoms with Crippen LogP contribution in [0.25, 0.3) is 6.08 Å². The summed E-state index contributed by atoms with van der Waals surface area (Å²) in [6.45, 7) is 3.79. The number of hydrogen-bond donors (Lipinski definition) is 0. The molecule has 2 rings (SSSR count). The Bertz CT molecular complexity index is 511. The SMILES string of the molecule is CCC(=O)/C(C)=C1/C=Cc2ccccc2N1C. The van der Waals surface area contributed by atoms with Gasteiger partial charge in [-0.1, -0.05) is 31.2 Å². The summed E-state index contributed by atoms with van der Waals surface area (Å²) in [4.78, 5) is 13.8. The van der Waals surface area contributed by atoms with Crippen molar-refractivity contribution in [2.45, 2.75) is 20.3 Å². The number of anilines is 1. The van der Waals surface area contributed by atoms with E-state index < -0.39 is 0 Å². The number of para-hydroxylation sites is 1. The Kier molecular flexibility index (Phi) is 3.14. The van der Waals surface area contributed by atoms with Gasteiger partial charge in [-0.3, -0.25) is 4.79 Å². The molecule has 0 saturated heterocycles. The highest BCUT2D eigenvalue weighted by molar-refractivity contribution is 5.97. The molecule has 0 radical (unpaired) electrons. The number of likely N-dealkylation sites (N-methyl/N-ethyl adjacent to an activating group) is 1. The maximum absolute atomic E-state index is 11.8. The molecule has 0 aliphatic carbocycles. The van der Waals surface area contributed by atoms with Crippen LogP contribution in [0, 0.1) is 0 Å². The Hall–Kier alpha value is -1.83. The van der Waals surface area contributed by atoms with Gasteiger partial charge in [0.05, 0.1) is 0 Å². The van der Waals surface area contributed by atoms with E-state index in [1.807, 2.05) is 39.1 Å². The van der Waals surface area contributed by atoms with Crippen molar-refractivity contribution < 1.29 is 4.79 Å². The van der Waals surface area contributed by atoms with Crippen LogP contribution in [0.3, 0.4) is 0 Å². The minimum Gasteiger partial charge on any atom is -0.344 e. The highest BCUT2D eigenvalue weighted by Crippen LogP contribution is 2.30. The highest BCUT2D eigenvalue weighted by Gasteiger charge is 2.17. The van der Waals surface area contributed by atoms with Crippen molar-refractivity contribution in [2.24, 2.45) is 0 Å². The number of carbonyl (C=O) groups is 1. The average molecular weight is 227 g/mol. The predicted octanol–water partition coefficient (Wildman–Crippen LogP) is 3.40. The van der Waals surface area contributed by atoms with E-state index in [9.17, 15) is 4.79 Å². The van der Waals surface area contributed by atoms with Crippen LogP contribution in [0.15, 0.2) is 41.6 Å². The lowest BCUT2D eigenvalue weighted by atomic mass is 10.0. The first-order chi connectivity index (χ1) is 8.15. The summed E-state index contributed by atoms with van der Waals surface area (Å²) in [5.41, 5.74) is 4.17. The minimum absolute atomic E-state index is 0.205. The van der Waals surface area contributed by atoms with Crippen molar-refractivity contribution in [2.75, 3.05) is 11.9 Å². The summed E-state index contributed by atoms with van der Waals surface area (Å²) in [7, 11) is 2.00. The molecule has 0 aromatic heterocycles. The molecule has 0 saturated carbocycles. The second kappa shape index (κ2) is 4.58. The molecule has 0 bridgehead atoms. The lowest BCUT2D eigenvalue weighted by molar-refractivity contribution is -0.115. The fourth-order valence-electron chi connectivity index (χ4n) is 2.13.